The molecule has 166 valence electrons. The summed E-state index contributed by atoms with van der Waals surface area (Å²) in [4.78, 5) is 28.6. The second-order valence-corrected chi connectivity index (χ2v) is 8.92. The van der Waals surface area contributed by atoms with Gasteiger partial charge < -0.3 is 10.2 Å². The van der Waals surface area contributed by atoms with Gasteiger partial charge in [-0.15, -0.1) is 0 Å². The molecule has 0 saturated carbocycles. The first-order chi connectivity index (χ1) is 15.7. The van der Waals surface area contributed by atoms with Crippen LogP contribution in [0.1, 0.15) is 54.5 Å². The molecule has 32 heavy (non-hydrogen) atoms. The van der Waals surface area contributed by atoms with E-state index in [2.05, 4.69) is 38.4 Å². The fraction of sp³-hybridized carbons (Fsp3) is 0.440. The van der Waals surface area contributed by atoms with E-state index in [-0.39, 0.29) is 11.9 Å². The quantitative estimate of drug-likeness (QED) is 0.648. The van der Waals surface area contributed by atoms with Crippen LogP contribution in [-0.2, 0) is 24.2 Å². The van der Waals surface area contributed by atoms with Gasteiger partial charge in [0.2, 0.25) is 11.9 Å². The molecule has 3 aromatic rings. The highest BCUT2D eigenvalue weighted by atomic mass is 16.1. The van der Waals surface area contributed by atoms with Crippen LogP contribution in [-0.4, -0.2) is 38.0 Å². The zero-order valence-electron chi connectivity index (χ0n) is 18.6. The smallest absolute Gasteiger partial charge is 0.237 e. The van der Waals surface area contributed by atoms with E-state index in [4.69, 9.17) is 4.98 Å². The molecule has 1 atom stereocenters. The van der Waals surface area contributed by atoms with Crippen LogP contribution in [0.5, 0.6) is 0 Å². The molecular formula is C25H30N6O. The Bertz CT molecular complexity index is 1090. The summed E-state index contributed by atoms with van der Waals surface area (Å²) < 4.78 is 1.82. The van der Waals surface area contributed by atoms with Gasteiger partial charge in [-0.3, -0.25) is 9.36 Å². The lowest BCUT2D eigenvalue weighted by atomic mass is 9.98. The maximum Gasteiger partial charge on any atom is 0.237 e. The molecule has 5 rings (SSSR count). The topological polar surface area (TPSA) is 75.9 Å². The maximum absolute atomic E-state index is 12.8. The number of amides is 1. The Labute approximate surface area is 188 Å². The van der Waals surface area contributed by atoms with Crippen molar-refractivity contribution in [2.24, 2.45) is 0 Å². The number of carbonyl (C=O) groups excluding carboxylic acids is 1. The number of imidazole rings is 1. The Morgan fingerprint density at radius 2 is 2.03 bits per heavy atom. The number of rotatable bonds is 6. The summed E-state index contributed by atoms with van der Waals surface area (Å²) in [6.45, 7) is 3.48. The van der Waals surface area contributed by atoms with E-state index >= 15 is 0 Å². The highest BCUT2D eigenvalue weighted by Gasteiger charge is 2.26. The van der Waals surface area contributed by atoms with E-state index in [1.807, 2.05) is 23.8 Å². The third-order valence-electron chi connectivity index (χ3n) is 6.56. The number of nitrogens with zero attached hydrogens (tertiary/aromatic N) is 5. The monoisotopic (exact) mass is 430 g/mol. The second-order valence-electron chi connectivity index (χ2n) is 8.92. The van der Waals surface area contributed by atoms with Crippen molar-refractivity contribution in [3.05, 3.63) is 65.4 Å². The minimum atomic E-state index is 0.100. The Morgan fingerprint density at radius 3 is 2.91 bits per heavy atom. The van der Waals surface area contributed by atoms with E-state index in [0.717, 1.165) is 43.7 Å². The molecule has 1 fully saturated rings. The van der Waals surface area contributed by atoms with Crippen molar-refractivity contribution >= 4 is 11.7 Å². The number of hydrogen-bond acceptors (Lipinski definition) is 5. The molecule has 1 aromatic carbocycles. The lowest BCUT2D eigenvalue weighted by Gasteiger charge is -2.36. The van der Waals surface area contributed by atoms with Crippen molar-refractivity contribution in [2.75, 3.05) is 11.4 Å². The molecule has 7 heteroatoms. The largest absolute Gasteiger partial charge is 0.353 e. The van der Waals surface area contributed by atoms with Gasteiger partial charge in [-0.05, 0) is 62.1 Å². The van der Waals surface area contributed by atoms with Crippen molar-refractivity contribution in [3.63, 3.8) is 0 Å². The molecule has 0 radical (unpaired) electrons. The summed E-state index contributed by atoms with van der Waals surface area (Å²) >= 11 is 0. The van der Waals surface area contributed by atoms with E-state index in [1.165, 1.54) is 29.5 Å². The Balaban J connectivity index is 1.26. The Kier molecular flexibility index (Phi) is 5.88. The number of carbonyl (C=O) groups is 1. The van der Waals surface area contributed by atoms with Gasteiger partial charge in [0.1, 0.15) is 12.1 Å². The lowest BCUT2D eigenvalue weighted by molar-refractivity contribution is -0.121. The standard InChI is InChI=1S/C25H30N6O/c1-18-13-23(29-25(28-18)30-12-10-26-17-30)31-11-3-2-7-22(31)15-24(32)27-16-19-8-9-20-5-4-6-21(20)14-19/h8-10,12-14,17,22H,2-7,11,15-16H2,1H3,(H,27,32). The molecular weight excluding hydrogens is 400 g/mol. The number of hydrogen-bond donors (Lipinski definition) is 1. The number of anilines is 1. The minimum absolute atomic E-state index is 0.100. The molecule has 1 aliphatic heterocycles. The van der Waals surface area contributed by atoms with Crippen LogP contribution in [0.2, 0.25) is 0 Å². The SMILES string of the molecule is Cc1cc(N2CCCCC2CC(=O)NCc2ccc3c(c2)CCC3)nc(-n2ccnc2)n1. The first-order valence-corrected chi connectivity index (χ1v) is 11.6. The zero-order chi connectivity index (χ0) is 21.9. The summed E-state index contributed by atoms with van der Waals surface area (Å²) in [5.74, 6) is 1.60. The molecule has 7 nitrogen and oxygen atoms in total. The fourth-order valence-electron chi connectivity index (χ4n) is 4.91. The van der Waals surface area contributed by atoms with Gasteiger partial charge in [-0.1, -0.05) is 18.2 Å². The van der Waals surface area contributed by atoms with Gasteiger partial charge in [0.05, 0.1) is 0 Å². The van der Waals surface area contributed by atoms with Gasteiger partial charge in [-0.2, -0.15) is 4.98 Å². The fourth-order valence-corrected chi connectivity index (χ4v) is 4.91. The Hall–Kier alpha value is -3.22. The number of aromatic nitrogens is 4. The summed E-state index contributed by atoms with van der Waals surface area (Å²) in [6, 6.07) is 8.80. The molecule has 1 N–H and O–H groups in total. The summed E-state index contributed by atoms with van der Waals surface area (Å²) in [6.07, 6.45) is 12.6. The summed E-state index contributed by atoms with van der Waals surface area (Å²) in [7, 11) is 0. The highest BCUT2D eigenvalue weighted by molar-refractivity contribution is 5.77. The molecule has 0 spiro atoms. The third-order valence-corrected chi connectivity index (χ3v) is 6.56. The zero-order valence-corrected chi connectivity index (χ0v) is 18.6. The van der Waals surface area contributed by atoms with Crippen LogP contribution in [0.3, 0.4) is 0 Å². The summed E-state index contributed by atoms with van der Waals surface area (Å²) in [5, 5.41) is 3.14. The molecule has 2 aromatic heterocycles. The van der Waals surface area contributed by atoms with Gasteiger partial charge in [0, 0.05) is 49.7 Å². The van der Waals surface area contributed by atoms with Crippen molar-refractivity contribution in [1.29, 1.82) is 0 Å². The molecule has 1 amide bonds. The van der Waals surface area contributed by atoms with E-state index in [1.54, 1.807) is 12.5 Å². The van der Waals surface area contributed by atoms with Crippen LogP contribution in [0, 0.1) is 6.92 Å². The van der Waals surface area contributed by atoms with Crippen molar-refractivity contribution in [3.8, 4) is 5.95 Å². The molecule has 3 heterocycles. The lowest BCUT2D eigenvalue weighted by Crippen LogP contribution is -2.43. The van der Waals surface area contributed by atoms with Crippen LogP contribution in [0.25, 0.3) is 5.95 Å². The number of aryl methyl sites for hydroxylation is 3. The number of fused-ring (bicyclic) bond motifs is 1. The van der Waals surface area contributed by atoms with Gasteiger partial charge >= 0.3 is 0 Å². The number of benzene rings is 1. The first kappa shape index (κ1) is 20.7. The molecule has 1 unspecified atom stereocenters. The molecule has 0 bridgehead atoms. The van der Waals surface area contributed by atoms with Gasteiger partial charge in [-0.25, -0.2) is 9.97 Å². The molecule has 1 aliphatic carbocycles. The van der Waals surface area contributed by atoms with Crippen LogP contribution >= 0.6 is 0 Å². The van der Waals surface area contributed by atoms with Crippen LogP contribution < -0.4 is 10.2 Å². The molecule has 1 saturated heterocycles. The number of piperidine rings is 1. The predicted molar refractivity (Wildman–Crippen MR) is 124 cm³/mol. The van der Waals surface area contributed by atoms with E-state index < -0.39 is 0 Å². The van der Waals surface area contributed by atoms with Crippen molar-refractivity contribution < 1.29 is 4.79 Å². The average molecular weight is 431 g/mol. The van der Waals surface area contributed by atoms with Gasteiger partial charge in [0.25, 0.3) is 0 Å². The molecule has 2 aliphatic rings. The third kappa shape index (κ3) is 4.52. The predicted octanol–water partition coefficient (Wildman–Crippen LogP) is 3.52. The van der Waals surface area contributed by atoms with Crippen LogP contribution in [0.4, 0.5) is 5.82 Å². The number of nitrogens with one attached hydrogen (secondary N) is 1. The van der Waals surface area contributed by atoms with Crippen molar-refractivity contribution in [1.82, 2.24) is 24.8 Å². The first-order valence-electron chi connectivity index (χ1n) is 11.6. The highest BCUT2D eigenvalue weighted by Crippen LogP contribution is 2.26. The Morgan fingerprint density at radius 1 is 1.12 bits per heavy atom. The summed E-state index contributed by atoms with van der Waals surface area (Å²) in [5.41, 5.74) is 5.01. The van der Waals surface area contributed by atoms with E-state index in [9.17, 15) is 4.79 Å². The second kappa shape index (κ2) is 9.10. The maximum atomic E-state index is 12.8. The van der Waals surface area contributed by atoms with Crippen molar-refractivity contribution in [2.45, 2.75) is 64.5 Å². The minimum Gasteiger partial charge on any atom is -0.353 e. The van der Waals surface area contributed by atoms with Gasteiger partial charge in [0.15, 0.2) is 0 Å². The average Bonchev–Trinajstić information content (AvgIpc) is 3.49. The normalized spacial score (nSPS) is 17.9. The van der Waals surface area contributed by atoms with Crippen LogP contribution in [0.15, 0.2) is 43.0 Å². The van der Waals surface area contributed by atoms with E-state index in [0.29, 0.717) is 18.9 Å².